The Morgan fingerprint density at radius 2 is 1.75 bits per heavy atom. The van der Waals surface area contributed by atoms with Gasteiger partial charge in [-0.15, -0.1) is 0 Å². The highest BCUT2D eigenvalue weighted by atomic mass is 16.1. The number of hydrogen-bond acceptors (Lipinski definition) is 4. The van der Waals surface area contributed by atoms with Gasteiger partial charge < -0.3 is 9.47 Å². The van der Waals surface area contributed by atoms with Crippen LogP contribution >= 0.6 is 0 Å². The molecule has 0 saturated heterocycles. The normalized spacial score (nSPS) is 11.4. The molecule has 0 bridgehead atoms. The number of imidazole rings is 1. The zero-order valence-electron chi connectivity index (χ0n) is 19.2. The molecule has 0 radical (unpaired) electrons. The van der Waals surface area contributed by atoms with Gasteiger partial charge in [0.1, 0.15) is 0 Å². The van der Waals surface area contributed by atoms with Gasteiger partial charge in [0, 0.05) is 24.3 Å². The van der Waals surface area contributed by atoms with E-state index in [-0.39, 0.29) is 5.91 Å². The number of nitrogens with zero attached hydrogens (tertiary/aromatic N) is 5. The molecule has 32 heavy (non-hydrogen) atoms. The minimum absolute atomic E-state index is 0.177. The Balaban J connectivity index is 1.56. The fourth-order valence-electron chi connectivity index (χ4n) is 4.00. The third kappa shape index (κ3) is 4.43. The van der Waals surface area contributed by atoms with Crippen molar-refractivity contribution in [2.75, 3.05) is 25.0 Å². The van der Waals surface area contributed by atoms with Gasteiger partial charge in [-0.25, -0.2) is 9.67 Å². The first-order valence-electron chi connectivity index (χ1n) is 11.1. The number of para-hydroxylation sites is 2. The zero-order valence-corrected chi connectivity index (χ0v) is 19.2. The van der Waals surface area contributed by atoms with Gasteiger partial charge >= 0.3 is 0 Å². The summed E-state index contributed by atoms with van der Waals surface area (Å²) in [6, 6.07) is 17.5. The third-order valence-corrected chi connectivity index (χ3v) is 5.80. The molecule has 2 aromatic heterocycles. The fraction of sp³-hybridized carbons (Fsp3) is 0.320. The van der Waals surface area contributed by atoms with Gasteiger partial charge in [0.05, 0.1) is 22.4 Å². The smallest absolute Gasteiger partial charge is 0.257 e. The maximum Gasteiger partial charge on any atom is 0.257 e. The van der Waals surface area contributed by atoms with Crippen LogP contribution < -0.4 is 5.32 Å². The highest BCUT2D eigenvalue weighted by molar-refractivity contribution is 6.04. The van der Waals surface area contributed by atoms with Gasteiger partial charge in [0.2, 0.25) is 5.95 Å². The van der Waals surface area contributed by atoms with Crippen molar-refractivity contribution in [3.8, 4) is 5.69 Å². The van der Waals surface area contributed by atoms with Crippen molar-refractivity contribution in [3.63, 3.8) is 0 Å². The molecule has 0 atom stereocenters. The Labute approximate surface area is 188 Å². The topological polar surface area (TPSA) is 68.0 Å². The largest absolute Gasteiger partial charge is 0.309 e. The first-order chi connectivity index (χ1) is 15.5. The number of fused-ring (bicyclic) bond motifs is 1. The van der Waals surface area contributed by atoms with Gasteiger partial charge in [-0.1, -0.05) is 26.0 Å². The summed E-state index contributed by atoms with van der Waals surface area (Å²) in [7, 11) is 0. The first-order valence-corrected chi connectivity index (χ1v) is 11.1. The molecule has 1 amide bonds. The lowest BCUT2D eigenvalue weighted by Gasteiger charge is -2.19. The number of rotatable bonds is 8. The van der Waals surface area contributed by atoms with Gasteiger partial charge in [-0.2, -0.15) is 5.10 Å². The number of amides is 1. The summed E-state index contributed by atoms with van der Waals surface area (Å²) in [5.74, 6) is 0.398. The number of anilines is 1. The lowest BCUT2D eigenvalue weighted by molar-refractivity contribution is 0.102. The van der Waals surface area contributed by atoms with E-state index >= 15 is 0 Å². The van der Waals surface area contributed by atoms with Crippen LogP contribution in [0.1, 0.15) is 35.6 Å². The molecule has 2 aromatic carbocycles. The Hall–Kier alpha value is -3.45. The molecule has 7 heteroatoms. The number of aromatic nitrogens is 4. The standard InChI is InChI=1S/C25H30N6O/c1-5-29(6-2)15-16-30-23-10-8-7-9-22(23)26-25(30)27-24(32)20-11-13-21(14-12-20)31-19(4)17-18(3)28-31/h7-14,17H,5-6,15-16H2,1-4H3,(H,26,27,32). The molecule has 0 spiro atoms. The van der Waals surface area contributed by atoms with Crippen molar-refractivity contribution in [1.82, 2.24) is 24.2 Å². The summed E-state index contributed by atoms with van der Waals surface area (Å²) >= 11 is 0. The quantitative estimate of drug-likeness (QED) is 0.449. The van der Waals surface area contributed by atoms with Crippen molar-refractivity contribution in [3.05, 3.63) is 71.5 Å². The van der Waals surface area contributed by atoms with Crippen molar-refractivity contribution in [1.29, 1.82) is 0 Å². The van der Waals surface area contributed by atoms with Crippen LogP contribution in [-0.2, 0) is 6.54 Å². The van der Waals surface area contributed by atoms with E-state index in [1.807, 2.05) is 73.1 Å². The average Bonchev–Trinajstić information content (AvgIpc) is 3.33. The monoisotopic (exact) mass is 430 g/mol. The molecule has 0 aliphatic rings. The molecule has 1 N–H and O–H groups in total. The Bertz CT molecular complexity index is 1220. The van der Waals surface area contributed by atoms with Crippen LogP contribution in [0.3, 0.4) is 0 Å². The fourth-order valence-corrected chi connectivity index (χ4v) is 4.00. The van der Waals surface area contributed by atoms with Crippen molar-refractivity contribution in [2.45, 2.75) is 34.2 Å². The Morgan fingerprint density at radius 3 is 2.41 bits per heavy atom. The van der Waals surface area contributed by atoms with Crippen LogP contribution in [-0.4, -0.2) is 49.8 Å². The van der Waals surface area contributed by atoms with E-state index in [0.29, 0.717) is 11.5 Å². The average molecular weight is 431 g/mol. The first kappa shape index (κ1) is 21.8. The maximum atomic E-state index is 13.0. The number of hydrogen-bond donors (Lipinski definition) is 1. The van der Waals surface area contributed by atoms with E-state index in [9.17, 15) is 4.79 Å². The van der Waals surface area contributed by atoms with Crippen LogP contribution in [0.15, 0.2) is 54.6 Å². The van der Waals surface area contributed by atoms with E-state index in [2.05, 4.69) is 38.7 Å². The second-order valence-electron chi connectivity index (χ2n) is 7.94. The predicted octanol–water partition coefficient (Wildman–Crippen LogP) is 4.43. The molecule has 0 saturated carbocycles. The van der Waals surface area contributed by atoms with Crippen LogP contribution in [0.4, 0.5) is 5.95 Å². The van der Waals surface area contributed by atoms with E-state index in [1.165, 1.54) is 0 Å². The van der Waals surface area contributed by atoms with Gasteiger partial charge in [-0.05, 0) is 69.4 Å². The number of likely N-dealkylation sites (N-methyl/N-ethyl adjacent to an activating group) is 1. The van der Waals surface area contributed by atoms with Gasteiger partial charge in [0.25, 0.3) is 5.91 Å². The van der Waals surface area contributed by atoms with Crippen molar-refractivity contribution in [2.24, 2.45) is 0 Å². The van der Waals surface area contributed by atoms with Gasteiger partial charge in [0.15, 0.2) is 0 Å². The van der Waals surface area contributed by atoms with Crippen LogP contribution in [0.5, 0.6) is 0 Å². The molecule has 166 valence electrons. The molecule has 7 nitrogen and oxygen atoms in total. The van der Waals surface area contributed by atoms with E-state index in [0.717, 1.165) is 54.3 Å². The second-order valence-corrected chi connectivity index (χ2v) is 7.94. The van der Waals surface area contributed by atoms with E-state index < -0.39 is 0 Å². The van der Waals surface area contributed by atoms with E-state index in [4.69, 9.17) is 0 Å². The molecule has 4 aromatic rings. The molecule has 0 unspecified atom stereocenters. The minimum Gasteiger partial charge on any atom is -0.309 e. The summed E-state index contributed by atoms with van der Waals surface area (Å²) in [6.07, 6.45) is 0. The zero-order chi connectivity index (χ0) is 22.7. The summed E-state index contributed by atoms with van der Waals surface area (Å²) in [4.78, 5) is 20.1. The number of nitrogens with one attached hydrogen (secondary N) is 1. The van der Waals surface area contributed by atoms with Crippen molar-refractivity contribution < 1.29 is 4.79 Å². The molecular formula is C25H30N6O. The molecule has 0 aliphatic carbocycles. The lowest BCUT2D eigenvalue weighted by atomic mass is 10.2. The highest BCUT2D eigenvalue weighted by Crippen LogP contribution is 2.21. The Morgan fingerprint density at radius 1 is 1.03 bits per heavy atom. The summed E-state index contributed by atoms with van der Waals surface area (Å²) in [6.45, 7) is 11.9. The summed E-state index contributed by atoms with van der Waals surface area (Å²) < 4.78 is 3.97. The number of carbonyl (C=O) groups excluding carboxylic acids is 1. The van der Waals surface area contributed by atoms with Crippen LogP contribution in [0.25, 0.3) is 16.7 Å². The van der Waals surface area contributed by atoms with Gasteiger partial charge in [-0.3, -0.25) is 10.1 Å². The predicted molar refractivity (Wildman–Crippen MR) is 129 cm³/mol. The molecule has 2 heterocycles. The number of aryl methyl sites for hydroxylation is 2. The summed E-state index contributed by atoms with van der Waals surface area (Å²) in [5, 5.41) is 7.53. The SMILES string of the molecule is CCN(CC)CCn1c(NC(=O)c2ccc(-n3nc(C)cc3C)cc2)nc2ccccc21. The molecule has 4 rings (SSSR count). The Kier molecular flexibility index (Phi) is 6.37. The molecule has 0 fully saturated rings. The third-order valence-electron chi connectivity index (χ3n) is 5.80. The number of carbonyl (C=O) groups is 1. The number of benzene rings is 2. The molecule has 0 aliphatic heterocycles. The van der Waals surface area contributed by atoms with Crippen LogP contribution in [0, 0.1) is 13.8 Å². The van der Waals surface area contributed by atoms with Crippen LogP contribution in [0.2, 0.25) is 0 Å². The second kappa shape index (κ2) is 9.36. The molecular weight excluding hydrogens is 400 g/mol. The highest BCUT2D eigenvalue weighted by Gasteiger charge is 2.15. The van der Waals surface area contributed by atoms with E-state index in [1.54, 1.807) is 0 Å². The summed E-state index contributed by atoms with van der Waals surface area (Å²) in [5.41, 5.74) is 5.43. The van der Waals surface area contributed by atoms with Crippen molar-refractivity contribution >= 4 is 22.9 Å². The maximum absolute atomic E-state index is 13.0. The minimum atomic E-state index is -0.177. The lowest BCUT2D eigenvalue weighted by Crippen LogP contribution is -2.27.